The van der Waals surface area contributed by atoms with E-state index in [1.165, 1.54) is 6.07 Å². The van der Waals surface area contributed by atoms with Crippen LogP contribution in [0.1, 0.15) is 41.5 Å². The predicted molar refractivity (Wildman–Crippen MR) is 146 cm³/mol. The van der Waals surface area contributed by atoms with Crippen LogP contribution in [0.3, 0.4) is 0 Å². The number of carbonyl (C=O) groups is 1. The van der Waals surface area contributed by atoms with Gasteiger partial charge < -0.3 is 9.64 Å². The van der Waals surface area contributed by atoms with E-state index in [0.29, 0.717) is 50.4 Å². The van der Waals surface area contributed by atoms with Crippen molar-refractivity contribution in [2.45, 2.75) is 38.4 Å². The lowest BCUT2D eigenvalue weighted by Gasteiger charge is -2.27. The van der Waals surface area contributed by atoms with Gasteiger partial charge in [0.25, 0.3) is 0 Å². The number of amides is 1. The zero-order valence-corrected chi connectivity index (χ0v) is 22.7. The first-order chi connectivity index (χ1) is 18.0. The lowest BCUT2D eigenvalue weighted by atomic mass is 10.00. The second-order valence-corrected chi connectivity index (χ2v) is 10.0. The van der Waals surface area contributed by atoms with E-state index in [4.69, 9.17) is 16.3 Å². The molecular formula is C30H34ClF3N2O2. The van der Waals surface area contributed by atoms with E-state index >= 15 is 0 Å². The quantitative estimate of drug-likeness (QED) is 0.228. The molecule has 38 heavy (non-hydrogen) atoms. The Hall–Kier alpha value is -3.03. The number of hydrogen-bond donors (Lipinski definition) is 0. The first-order valence-electron chi connectivity index (χ1n) is 12.6. The van der Waals surface area contributed by atoms with Gasteiger partial charge >= 0.3 is 6.18 Å². The lowest BCUT2D eigenvalue weighted by molar-refractivity contribution is -0.137. The first kappa shape index (κ1) is 29.5. The monoisotopic (exact) mass is 546 g/mol. The minimum Gasteiger partial charge on any atom is -0.494 e. The molecule has 0 heterocycles. The van der Waals surface area contributed by atoms with Gasteiger partial charge in [-0.15, -0.1) is 0 Å². The van der Waals surface area contributed by atoms with E-state index in [1.807, 2.05) is 42.5 Å². The Morgan fingerprint density at radius 3 is 2.39 bits per heavy atom. The van der Waals surface area contributed by atoms with Crippen molar-refractivity contribution in [3.63, 3.8) is 0 Å². The summed E-state index contributed by atoms with van der Waals surface area (Å²) in [5.74, 6) is 0.866. The van der Waals surface area contributed by atoms with Crippen molar-refractivity contribution < 1.29 is 22.7 Å². The van der Waals surface area contributed by atoms with E-state index in [1.54, 1.807) is 25.1 Å². The highest BCUT2D eigenvalue weighted by molar-refractivity contribution is 6.32. The molecule has 204 valence electrons. The maximum Gasteiger partial charge on any atom is 0.417 e. The molecule has 0 radical (unpaired) electrons. The fraction of sp³-hybridized carbons (Fsp3) is 0.367. The van der Waals surface area contributed by atoms with Gasteiger partial charge in [-0.05, 0) is 47.2 Å². The molecule has 0 aliphatic heterocycles. The van der Waals surface area contributed by atoms with Crippen molar-refractivity contribution in [1.29, 1.82) is 0 Å². The second-order valence-electron chi connectivity index (χ2n) is 9.64. The van der Waals surface area contributed by atoms with E-state index in [9.17, 15) is 18.0 Å². The van der Waals surface area contributed by atoms with Gasteiger partial charge in [0.05, 0.1) is 23.6 Å². The third-order valence-electron chi connectivity index (χ3n) is 6.32. The van der Waals surface area contributed by atoms with Crippen LogP contribution in [-0.4, -0.2) is 49.5 Å². The minimum atomic E-state index is -4.51. The minimum absolute atomic E-state index is 0.0126. The normalized spacial score (nSPS) is 12.4. The average molecular weight is 547 g/mol. The number of likely N-dealkylation sites (N-methyl/N-ethyl adjacent to an activating group) is 1. The SMILES string of the molecule is C[C@@H](CN(CCCOc1cccc(CC(=O)N(C)C)c1)Cc1cccc(C(F)(F)F)c1Cl)c1ccccc1. The number of ether oxygens (including phenoxy) is 1. The number of nitrogens with zero attached hydrogens (tertiary/aromatic N) is 2. The van der Waals surface area contributed by atoms with Crippen LogP contribution in [0.4, 0.5) is 13.2 Å². The summed E-state index contributed by atoms with van der Waals surface area (Å²) in [7, 11) is 3.44. The van der Waals surface area contributed by atoms with Gasteiger partial charge in [0.15, 0.2) is 0 Å². The molecule has 0 unspecified atom stereocenters. The van der Waals surface area contributed by atoms with Crippen molar-refractivity contribution >= 4 is 17.5 Å². The summed E-state index contributed by atoms with van der Waals surface area (Å²) in [5.41, 5.74) is 1.66. The number of hydrogen-bond acceptors (Lipinski definition) is 3. The van der Waals surface area contributed by atoms with E-state index in [-0.39, 0.29) is 16.8 Å². The molecule has 3 rings (SSSR count). The summed E-state index contributed by atoms with van der Waals surface area (Å²) in [5, 5.41) is -0.252. The van der Waals surface area contributed by atoms with Crippen molar-refractivity contribution in [2.75, 3.05) is 33.8 Å². The molecule has 3 aromatic carbocycles. The third-order valence-corrected chi connectivity index (χ3v) is 6.77. The highest BCUT2D eigenvalue weighted by Gasteiger charge is 2.34. The molecule has 0 saturated carbocycles. The Morgan fingerprint density at radius 1 is 1.00 bits per heavy atom. The molecule has 0 aliphatic rings. The number of rotatable bonds is 12. The lowest BCUT2D eigenvalue weighted by Crippen LogP contribution is -2.30. The predicted octanol–water partition coefficient (Wildman–Crippen LogP) is 7.06. The largest absolute Gasteiger partial charge is 0.494 e. The van der Waals surface area contributed by atoms with Gasteiger partial charge in [-0.1, -0.05) is 73.1 Å². The summed E-state index contributed by atoms with van der Waals surface area (Å²) in [6, 6.07) is 21.5. The van der Waals surface area contributed by atoms with Gasteiger partial charge in [0, 0.05) is 33.7 Å². The highest BCUT2D eigenvalue weighted by Crippen LogP contribution is 2.36. The molecule has 0 aliphatic carbocycles. The number of alkyl halides is 3. The van der Waals surface area contributed by atoms with Crippen LogP contribution in [0, 0.1) is 0 Å². The van der Waals surface area contributed by atoms with Gasteiger partial charge in [0.2, 0.25) is 5.91 Å². The molecule has 1 amide bonds. The Kier molecular flexibility index (Phi) is 10.6. The molecule has 1 atom stereocenters. The molecule has 3 aromatic rings. The maximum absolute atomic E-state index is 13.4. The van der Waals surface area contributed by atoms with E-state index in [2.05, 4.69) is 24.0 Å². The highest BCUT2D eigenvalue weighted by atomic mass is 35.5. The van der Waals surface area contributed by atoms with Crippen LogP contribution in [-0.2, 0) is 23.9 Å². The maximum atomic E-state index is 13.4. The van der Waals surface area contributed by atoms with E-state index in [0.717, 1.165) is 17.2 Å². The standard InChI is InChI=1S/C30H34ClF3N2O2/c1-22(24-11-5-4-6-12-24)20-36(21-25-13-8-15-27(29(25)31)30(32,33)34)16-9-17-38-26-14-7-10-23(18-26)19-28(37)35(2)3/h4-8,10-15,18,22H,9,16-17,19-21H2,1-3H3/t22-/m0/s1. The van der Waals surface area contributed by atoms with Crippen LogP contribution in [0.5, 0.6) is 5.75 Å². The van der Waals surface area contributed by atoms with Crippen molar-refractivity contribution in [1.82, 2.24) is 9.80 Å². The number of carbonyl (C=O) groups excluding carboxylic acids is 1. The Labute approximate surface area is 228 Å². The Bertz CT molecular complexity index is 1190. The van der Waals surface area contributed by atoms with Crippen molar-refractivity contribution in [3.05, 3.63) is 100 Å². The molecule has 4 nitrogen and oxygen atoms in total. The second kappa shape index (κ2) is 13.7. The summed E-state index contributed by atoms with van der Waals surface area (Å²) >= 11 is 6.20. The fourth-order valence-electron chi connectivity index (χ4n) is 4.23. The Balaban J connectivity index is 1.66. The molecule has 8 heteroatoms. The number of halogens is 4. The summed E-state index contributed by atoms with van der Waals surface area (Å²) in [6.07, 6.45) is -3.54. The molecule has 0 saturated heterocycles. The zero-order valence-electron chi connectivity index (χ0n) is 22.0. The van der Waals surface area contributed by atoms with Gasteiger partial charge in [-0.2, -0.15) is 13.2 Å². The average Bonchev–Trinajstić information content (AvgIpc) is 2.87. The van der Waals surface area contributed by atoms with Crippen molar-refractivity contribution in [3.8, 4) is 5.75 Å². The smallest absolute Gasteiger partial charge is 0.417 e. The molecule has 0 bridgehead atoms. The van der Waals surface area contributed by atoms with Gasteiger partial charge in [-0.25, -0.2) is 0 Å². The summed E-state index contributed by atoms with van der Waals surface area (Å²) in [6.45, 7) is 4.09. The van der Waals surface area contributed by atoms with E-state index < -0.39 is 11.7 Å². The summed E-state index contributed by atoms with van der Waals surface area (Å²) < 4.78 is 46.2. The molecule has 0 fully saturated rings. The number of benzene rings is 3. The first-order valence-corrected chi connectivity index (χ1v) is 13.0. The molecule has 0 aromatic heterocycles. The summed E-state index contributed by atoms with van der Waals surface area (Å²) in [4.78, 5) is 15.7. The molecule has 0 spiro atoms. The third kappa shape index (κ3) is 8.77. The zero-order chi connectivity index (χ0) is 27.7. The van der Waals surface area contributed by atoms with Crippen LogP contribution in [0.15, 0.2) is 72.8 Å². The van der Waals surface area contributed by atoms with Crippen LogP contribution >= 0.6 is 11.6 Å². The topological polar surface area (TPSA) is 32.8 Å². The van der Waals surface area contributed by atoms with Crippen LogP contribution in [0.25, 0.3) is 0 Å². The van der Waals surface area contributed by atoms with Crippen LogP contribution < -0.4 is 4.74 Å². The molecule has 0 N–H and O–H groups in total. The fourth-order valence-corrected chi connectivity index (χ4v) is 4.52. The van der Waals surface area contributed by atoms with Gasteiger partial charge in [-0.3, -0.25) is 9.69 Å². The van der Waals surface area contributed by atoms with Crippen LogP contribution in [0.2, 0.25) is 5.02 Å². The van der Waals surface area contributed by atoms with Gasteiger partial charge in [0.1, 0.15) is 5.75 Å². The Morgan fingerprint density at radius 2 is 1.71 bits per heavy atom. The van der Waals surface area contributed by atoms with Crippen molar-refractivity contribution in [2.24, 2.45) is 0 Å². The molecular weight excluding hydrogens is 513 g/mol.